The van der Waals surface area contributed by atoms with Crippen LogP contribution in [0.5, 0.6) is 0 Å². The maximum atomic E-state index is 6.29. The average Bonchev–Trinajstić information content (AvgIpc) is 3.05. The third-order valence-electron chi connectivity index (χ3n) is 3.56. The van der Waals surface area contributed by atoms with Crippen molar-refractivity contribution >= 4 is 22.8 Å². The second-order valence-corrected chi connectivity index (χ2v) is 5.66. The third-order valence-corrected chi connectivity index (χ3v) is 3.75. The number of alkyl halides is 1. The lowest BCUT2D eigenvalue weighted by Gasteiger charge is -2.10. The van der Waals surface area contributed by atoms with Gasteiger partial charge in [-0.15, -0.1) is 21.8 Å². The molecule has 3 aromatic rings. The van der Waals surface area contributed by atoms with Crippen LogP contribution in [0.25, 0.3) is 11.2 Å². The summed E-state index contributed by atoms with van der Waals surface area (Å²) < 4.78 is 4.03. The summed E-state index contributed by atoms with van der Waals surface area (Å²) >= 11 is 6.29. The first-order valence-corrected chi connectivity index (χ1v) is 7.38. The van der Waals surface area contributed by atoms with E-state index in [1.165, 1.54) is 0 Å². The number of nitrogens with zero attached hydrogens (tertiary/aromatic N) is 6. The second kappa shape index (κ2) is 5.44. The van der Waals surface area contributed by atoms with Crippen LogP contribution >= 0.6 is 11.6 Å². The highest BCUT2D eigenvalue weighted by atomic mass is 35.5. The van der Waals surface area contributed by atoms with E-state index < -0.39 is 0 Å². The van der Waals surface area contributed by atoms with Gasteiger partial charge in [0.15, 0.2) is 11.5 Å². The van der Waals surface area contributed by atoms with Crippen molar-refractivity contribution in [2.24, 2.45) is 0 Å². The van der Waals surface area contributed by atoms with Crippen molar-refractivity contribution in [3.63, 3.8) is 0 Å². The van der Waals surface area contributed by atoms with Crippen molar-refractivity contribution in [1.29, 1.82) is 0 Å². The maximum absolute atomic E-state index is 6.29. The van der Waals surface area contributed by atoms with Gasteiger partial charge in [-0.25, -0.2) is 9.97 Å². The van der Waals surface area contributed by atoms with Gasteiger partial charge >= 0.3 is 0 Å². The molecule has 3 aromatic heterocycles. The molecule has 3 rings (SSSR count). The predicted molar refractivity (Wildman–Crippen MR) is 81.3 cm³/mol. The van der Waals surface area contributed by atoms with Gasteiger partial charge in [-0.3, -0.25) is 0 Å². The van der Waals surface area contributed by atoms with Crippen LogP contribution in [0.1, 0.15) is 36.4 Å². The Bertz CT molecular complexity index is 773. The summed E-state index contributed by atoms with van der Waals surface area (Å²) in [5.41, 5.74) is 2.82. The van der Waals surface area contributed by atoms with Crippen LogP contribution in [0.3, 0.4) is 0 Å². The zero-order chi connectivity index (χ0) is 15.0. The molecule has 3 heterocycles. The van der Waals surface area contributed by atoms with Crippen LogP contribution in [0, 0.1) is 6.92 Å². The average molecular weight is 305 g/mol. The molecule has 0 aliphatic rings. The van der Waals surface area contributed by atoms with Crippen molar-refractivity contribution in [3.05, 3.63) is 35.8 Å². The van der Waals surface area contributed by atoms with Crippen molar-refractivity contribution in [1.82, 2.24) is 29.3 Å². The fourth-order valence-electron chi connectivity index (χ4n) is 2.42. The smallest absolute Gasteiger partial charge is 0.160 e. The first-order chi connectivity index (χ1) is 10.1. The number of halogens is 1. The van der Waals surface area contributed by atoms with Gasteiger partial charge in [0, 0.05) is 12.7 Å². The standard InChI is InChI=1S/C14H17ClN6/c1-4-20-8-17-19-11(20)7-21-13(10(3)15)18-12-9(2)5-6-16-14(12)21/h5-6,8,10H,4,7H2,1-3H3. The number of hydrogen-bond acceptors (Lipinski definition) is 4. The molecule has 0 aliphatic heterocycles. The van der Waals surface area contributed by atoms with Crippen LogP contribution in [0.2, 0.25) is 0 Å². The summed E-state index contributed by atoms with van der Waals surface area (Å²) in [6.07, 6.45) is 3.53. The van der Waals surface area contributed by atoms with E-state index in [-0.39, 0.29) is 5.38 Å². The van der Waals surface area contributed by atoms with E-state index in [1.54, 1.807) is 12.5 Å². The van der Waals surface area contributed by atoms with Crippen molar-refractivity contribution in [3.8, 4) is 0 Å². The molecular weight excluding hydrogens is 288 g/mol. The summed E-state index contributed by atoms with van der Waals surface area (Å²) in [4.78, 5) is 9.12. The van der Waals surface area contributed by atoms with Gasteiger partial charge in [0.25, 0.3) is 0 Å². The Hall–Kier alpha value is -1.95. The molecule has 0 amide bonds. The van der Waals surface area contributed by atoms with E-state index in [2.05, 4.69) is 27.1 Å². The molecule has 0 N–H and O–H groups in total. The molecule has 21 heavy (non-hydrogen) atoms. The minimum absolute atomic E-state index is 0.198. The van der Waals surface area contributed by atoms with Crippen LogP contribution in [0.4, 0.5) is 0 Å². The van der Waals surface area contributed by atoms with Gasteiger partial charge < -0.3 is 9.13 Å². The van der Waals surface area contributed by atoms with E-state index in [1.807, 2.05) is 29.0 Å². The van der Waals surface area contributed by atoms with E-state index in [9.17, 15) is 0 Å². The topological polar surface area (TPSA) is 61.4 Å². The highest BCUT2D eigenvalue weighted by molar-refractivity contribution is 6.20. The largest absolute Gasteiger partial charge is 0.316 e. The van der Waals surface area contributed by atoms with Crippen LogP contribution < -0.4 is 0 Å². The van der Waals surface area contributed by atoms with Crippen LogP contribution in [0.15, 0.2) is 18.6 Å². The molecule has 0 radical (unpaired) electrons. The van der Waals surface area contributed by atoms with Crippen molar-refractivity contribution < 1.29 is 0 Å². The van der Waals surface area contributed by atoms with Gasteiger partial charge in [-0.2, -0.15) is 0 Å². The van der Waals surface area contributed by atoms with Gasteiger partial charge in [-0.1, -0.05) is 0 Å². The maximum Gasteiger partial charge on any atom is 0.160 e. The number of aryl methyl sites for hydroxylation is 2. The Labute approximate surface area is 127 Å². The van der Waals surface area contributed by atoms with E-state index in [0.717, 1.165) is 34.9 Å². The summed E-state index contributed by atoms with van der Waals surface area (Å²) in [5.74, 6) is 1.68. The minimum atomic E-state index is -0.198. The molecule has 0 fully saturated rings. The molecule has 110 valence electrons. The Balaban J connectivity index is 2.16. The minimum Gasteiger partial charge on any atom is -0.316 e. The molecule has 1 atom stereocenters. The lowest BCUT2D eigenvalue weighted by molar-refractivity contribution is 0.637. The predicted octanol–water partition coefficient (Wildman–Crippen LogP) is 2.70. The normalized spacial score (nSPS) is 13.0. The van der Waals surface area contributed by atoms with Crippen molar-refractivity contribution in [2.45, 2.75) is 39.2 Å². The summed E-state index contributed by atoms with van der Waals surface area (Å²) in [7, 11) is 0. The number of pyridine rings is 1. The highest BCUT2D eigenvalue weighted by Crippen LogP contribution is 2.25. The van der Waals surface area contributed by atoms with Crippen molar-refractivity contribution in [2.75, 3.05) is 0 Å². The molecule has 0 saturated heterocycles. The van der Waals surface area contributed by atoms with Gasteiger partial charge in [0.1, 0.15) is 17.7 Å². The Morgan fingerprint density at radius 2 is 2.19 bits per heavy atom. The van der Waals surface area contributed by atoms with Crippen LogP contribution in [-0.2, 0) is 13.1 Å². The SMILES string of the molecule is CCn1cnnc1Cn1c(C(C)Cl)nc2c(C)ccnc21. The monoisotopic (exact) mass is 304 g/mol. The van der Waals surface area contributed by atoms with E-state index >= 15 is 0 Å². The first-order valence-electron chi connectivity index (χ1n) is 6.94. The number of rotatable bonds is 4. The first kappa shape index (κ1) is 14.0. The third kappa shape index (κ3) is 2.40. The lowest BCUT2D eigenvalue weighted by Crippen LogP contribution is -2.11. The molecule has 0 saturated carbocycles. The molecule has 7 heteroatoms. The zero-order valence-corrected chi connectivity index (χ0v) is 13.0. The molecule has 6 nitrogen and oxygen atoms in total. The molecule has 0 aromatic carbocycles. The quantitative estimate of drug-likeness (QED) is 0.695. The lowest BCUT2D eigenvalue weighted by atomic mass is 10.3. The van der Waals surface area contributed by atoms with Gasteiger partial charge in [0.2, 0.25) is 0 Å². The molecular formula is C14H17ClN6. The van der Waals surface area contributed by atoms with E-state index in [0.29, 0.717) is 6.54 Å². The van der Waals surface area contributed by atoms with Crippen LogP contribution in [-0.4, -0.2) is 29.3 Å². The molecule has 1 unspecified atom stereocenters. The van der Waals surface area contributed by atoms with Gasteiger partial charge in [-0.05, 0) is 32.4 Å². The Kier molecular flexibility index (Phi) is 3.63. The number of aromatic nitrogens is 6. The highest BCUT2D eigenvalue weighted by Gasteiger charge is 2.18. The Morgan fingerprint density at radius 3 is 2.90 bits per heavy atom. The summed E-state index contributed by atoms with van der Waals surface area (Å²) in [5, 5.41) is 7.96. The number of imidazole rings is 1. The molecule has 0 aliphatic carbocycles. The number of fused-ring (bicyclic) bond motifs is 1. The Morgan fingerprint density at radius 1 is 1.38 bits per heavy atom. The van der Waals surface area contributed by atoms with Gasteiger partial charge in [0.05, 0.1) is 11.9 Å². The molecule has 0 bridgehead atoms. The molecule has 0 spiro atoms. The fourth-order valence-corrected chi connectivity index (χ4v) is 2.59. The fraction of sp³-hybridized carbons (Fsp3) is 0.429. The zero-order valence-electron chi connectivity index (χ0n) is 12.3. The summed E-state index contributed by atoms with van der Waals surface area (Å²) in [6.45, 7) is 7.39. The number of hydrogen-bond donors (Lipinski definition) is 0. The second-order valence-electron chi connectivity index (χ2n) is 5.01. The summed E-state index contributed by atoms with van der Waals surface area (Å²) in [6, 6.07) is 1.96. The van der Waals surface area contributed by atoms with E-state index in [4.69, 9.17) is 11.6 Å².